The summed E-state index contributed by atoms with van der Waals surface area (Å²) in [5.41, 5.74) is 2.73. The van der Waals surface area contributed by atoms with Crippen LogP contribution < -0.4 is 4.48 Å². The van der Waals surface area contributed by atoms with Crippen molar-refractivity contribution in [2.75, 3.05) is 20.6 Å². The first kappa shape index (κ1) is 27.3. The summed E-state index contributed by atoms with van der Waals surface area (Å²) in [5, 5.41) is 0. The zero-order valence-corrected chi connectivity index (χ0v) is 22.1. The molecule has 1 saturated heterocycles. The Morgan fingerprint density at radius 2 is 1.89 bits per heavy atom. The second-order valence-corrected chi connectivity index (χ2v) is 10.7. The Morgan fingerprint density at radius 1 is 1.19 bits per heavy atom. The Labute approximate surface area is 214 Å². The van der Waals surface area contributed by atoms with Gasteiger partial charge in [0, 0.05) is 6.42 Å². The third-order valence-electron chi connectivity index (χ3n) is 6.95. The fourth-order valence-corrected chi connectivity index (χ4v) is 4.80. The molecule has 1 aliphatic carbocycles. The number of allylic oxidation sites excluding steroid dienone is 4. The lowest BCUT2D eigenvalue weighted by Crippen LogP contribution is -2.43. The molecule has 1 unspecified atom stereocenters. The van der Waals surface area contributed by atoms with E-state index in [-0.39, 0.29) is 18.6 Å². The molecule has 36 heavy (non-hydrogen) atoms. The number of likely N-dealkylation sites (N-methyl/N-ethyl adjacent to an activating group) is 1. The highest BCUT2D eigenvalue weighted by molar-refractivity contribution is 6.00. The van der Waals surface area contributed by atoms with E-state index in [9.17, 15) is 14.4 Å². The number of carbonyl (C=O) groups is 3. The van der Waals surface area contributed by atoms with E-state index in [0.717, 1.165) is 30.6 Å². The van der Waals surface area contributed by atoms with Gasteiger partial charge in [-0.1, -0.05) is 23.8 Å². The first-order valence-electron chi connectivity index (χ1n) is 12.4. The molecule has 1 aliphatic heterocycles. The molecule has 1 heterocycles. The largest absolute Gasteiger partial charge is 0.457 e. The lowest BCUT2D eigenvalue weighted by Gasteiger charge is -2.34. The molecule has 6 nitrogen and oxygen atoms in total. The minimum Gasteiger partial charge on any atom is -0.457 e. The number of carbonyl (C=O) groups excluding carboxylic acids is 3. The van der Waals surface area contributed by atoms with Crippen LogP contribution in [0.4, 0.5) is 5.69 Å². The SMILES string of the molecule is C=CC[N+](C)(C)c1ccc(C(=O)O[C@@H]2C=CC(=O)C3(CC(=O)O[C@@H]3/C=C(\C)CCC=C(C)C)C2)cc1. The lowest BCUT2D eigenvalue weighted by atomic mass is 9.69. The van der Waals surface area contributed by atoms with Crippen LogP contribution in [0, 0.1) is 5.41 Å². The van der Waals surface area contributed by atoms with E-state index in [1.807, 2.05) is 31.2 Å². The molecule has 0 N–H and O–H groups in total. The Hall–Kier alpha value is -3.25. The average molecular weight is 493 g/mol. The number of benzene rings is 1. The molecule has 1 fully saturated rings. The van der Waals surface area contributed by atoms with Crippen LogP contribution in [0.5, 0.6) is 0 Å². The van der Waals surface area contributed by atoms with Crippen molar-refractivity contribution >= 4 is 23.4 Å². The second-order valence-electron chi connectivity index (χ2n) is 10.7. The van der Waals surface area contributed by atoms with Gasteiger partial charge in [-0.25, -0.2) is 4.79 Å². The van der Waals surface area contributed by atoms with Gasteiger partial charge in [-0.15, -0.1) is 0 Å². The van der Waals surface area contributed by atoms with Crippen molar-refractivity contribution in [2.45, 2.75) is 58.7 Å². The van der Waals surface area contributed by atoms with Gasteiger partial charge in [0.15, 0.2) is 5.78 Å². The summed E-state index contributed by atoms with van der Waals surface area (Å²) in [6, 6.07) is 7.31. The number of hydrogen-bond acceptors (Lipinski definition) is 5. The van der Waals surface area contributed by atoms with Crippen LogP contribution in [-0.2, 0) is 19.1 Å². The van der Waals surface area contributed by atoms with Crippen LogP contribution in [0.1, 0.15) is 56.8 Å². The van der Waals surface area contributed by atoms with E-state index in [4.69, 9.17) is 9.47 Å². The normalized spacial score (nSPS) is 24.0. The molecule has 0 bridgehead atoms. The van der Waals surface area contributed by atoms with Gasteiger partial charge in [0.25, 0.3) is 0 Å². The Balaban J connectivity index is 1.74. The van der Waals surface area contributed by atoms with Gasteiger partial charge in [-0.2, -0.15) is 0 Å². The van der Waals surface area contributed by atoms with E-state index in [1.165, 1.54) is 11.6 Å². The lowest BCUT2D eigenvalue weighted by molar-refractivity contribution is -0.140. The second kappa shape index (κ2) is 11.2. The summed E-state index contributed by atoms with van der Waals surface area (Å²) in [6.07, 6.45) is 9.55. The molecule has 0 radical (unpaired) electrons. The van der Waals surface area contributed by atoms with Gasteiger partial charge in [0.05, 0.1) is 31.5 Å². The fraction of sp³-hybridized carbons (Fsp3) is 0.433. The van der Waals surface area contributed by atoms with Crippen molar-refractivity contribution < 1.29 is 23.9 Å². The highest BCUT2D eigenvalue weighted by atomic mass is 16.6. The maximum atomic E-state index is 13.0. The molecular formula is C30H38NO5+. The molecule has 2 aliphatic rings. The van der Waals surface area contributed by atoms with Gasteiger partial charge < -0.3 is 9.47 Å². The molecule has 1 spiro atoms. The van der Waals surface area contributed by atoms with Crippen molar-refractivity contribution in [3.8, 4) is 0 Å². The van der Waals surface area contributed by atoms with Gasteiger partial charge in [-0.3, -0.25) is 14.1 Å². The molecule has 3 atom stereocenters. The van der Waals surface area contributed by atoms with Crippen LogP contribution >= 0.6 is 0 Å². The smallest absolute Gasteiger partial charge is 0.338 e. The van der Waals surface area contributed by atoms with Crippen LogP contribution in [0.3, 0.4) is 0 Å². The standard InChI is InChI=1S/C30H38NO5/c1-7-17-31(5,6)24-13-11-23(12-14-24)29(34)35-25-15-16-26(32)30(19-25)20-28(33)36-27(30)18-22(4)10-8-9-21(2)3/h7,9,11-16,18,25,27H,1,8,10,17,19-20H2,2-6H3/q+1/b22-18+/t25-,27-,30?/m1/s1. The molecule has 1 aromatic rings. The molecule has 1 aromatic carbocycles. The van der Waals surface area contributed by atoms with E-state index in [2.05, 4.69) is 40.6 Å². The van der Waals surface area contributed by atoms with E-state index in [0.29, 0.717) is 10.0 Å². The highest BCUT2D eigenvalue weighted by Gasteiger charge is 2.55. The monoisotopic (exact) mass is 492 g/mol. The van der Waals surface area contributed by atoms with E-state index in [1.54, 1.807) is 18.2 Å². The minimum atomic E-state index is -1.05. The summed E-state index contributed by atoms with van der Waals surface area (Å²) in [6.45, 7) is 10.7. The van der Waals surface area contributed by atoms with Crippen molar-refractivity contribution in [3.05, 3.63) is 77.9 Å². The molecule has 3 rings (SSSR count). The number of hydrogen-bond donors (Lipinski definition) is 0. The minimum absolute atomic E-state index is 0.0162. The molecule has 0 saturated carbocycles. The summed E-state index contributed by atoms with van der Waals surface area (Å²) in [5.74, 6) is -1.03. The van der Waals surface area contributed by atoms with E-state index < -0.39 is 29.6 Å². The Bertz CT molecular complexity index is 1100. The number of quaternary nitrogens is 1. The number of nitrogens with zero attached hydrogens (tertiary/aromatic N) is 1. The van der Waals surface area contributed by atoms with Crippen LogP contribution in [0.15, 0.2) is 72.4 Å². The molecule has 6 heteroatoms. The zero-order chi connectivity index (χ0) is 26.5. The van der Waals surface area contributed by atoms with Crippen LogP contribution in [-0.4, -0.2) is 50.6 Å². The number of ether oxygens (including phenoxy) is 2. The maximum Gasteiger partial charge on any atom is 0.338 e. The zero-order valence-electron chi connectivity index (χ0n) is 22.1. The molecule has 0 amide bonds. The number of rotatable bonds is 9. The third kappa shape index (κ3) is 6.30. The van der Waals surface area contributed by atoms with Gasteiger partial charge >= 0.3 is 11.9 Å². The number of cyclic esters (lactones) is 1. The van der Waals surface area contributed by atoms with Crippen LogP contribution in [0.25, 0.3) is 0 Å². The maximum absolute atomic E-state index is 13.0. The van der Waals surface area contributed by atoms with Gasteiger partial charge in [0.2, 0.25) is 0 Å². The summed E-state index contributed by atoms with van der Waals surface area (Å²) in [7, 11) is 4.13. The number of esters is 2. The Morgan fingerprint density at radius 3 is 2.53 bits per heavy atom. The average Bonchev–Trinajstić information content (AvgIpc) is 3.11. The molecule has 192 valence electrons. The van der Waals surface area contributed by atoms with Gasteiger partial charge in [0.1, 0.15) is 24.4 Å². The van der Waals surface area contributed by atoms with E-state index >= 15 is 0 Å². The summed E-state index contributed by atoms with van der Waals surface area (Å²) in [4.78, 5) is 38.3. The predicted molar refractivity (Wildman–Crippen MR) is 142 cm³/mol. The summed E-state index contributed by atoms with van der Waals surface area (Å²) < 4.78 is 12.0. The van der Waals surface area contributed by atoms with Crippen LogP contribution in [0.2, 0.25) is 0 Å². The first-order chi connectivity index (χ1) is 17.0. The first-order valence-corrected chi connectivity index (χ1v) is 12.4. The number of ketones is 1. The third-order valence-corrected chi connectivity index (χ3v) is 6.95. The topological polar surface area (TPSA) is 69.7 Å². The van der Waals surface area contributed by atoms with Gasteiger partial charge in [-0.05, 0) is 82.2 Å². The summed E-state index contributed by atoms with van der Waals surface area (Å²) >= 11 is 0. The quantitative estimate of drug-likeness (QED) is 0.259. The van der Waals surface area contributed by atoms with Crippen molar-refractivity contribution in [3.63, 3.8) is 0 Å². The van der Waals surface area contributed by atoms with Crippen molar-refractivity contribution in [1.29, 1.82) is 0 Å². The Kier molecular flexibility index (Phi) is 8.51. The van der Waals surface area contributed by atoms with Crippen molar-refractivity contribution in [2.24, 2.45) is 5.41 Å². The molecular weight excluding hydrogens is 454 g/mol. The predicted octanol–water partition coefficient (Wildman–Crippen LogP) is 5.49. The molecule has 0 aromatic heterocycles. The highest BCUT2D eigenvalue weighted by Crippen LogP contribution is 2.45. The van der Waals surface area contributed by atoms with Crippen molar-refractivity contribution in [1.82, 2.24) is 4.48 Å². The fourth-order valence-electron chi connectivity index (χ4n) is 4.80.